The van der Waals surface area contributed by atoms with Crippen molar-refractivity contribution in [1.82, 2.24) is 4.90 Å². The first kappa shape index (κ1) is 11.7. The van der Waals surface area contributed by atoms with Crippen LogP contribution in [-0.4, -0.2) is 28.0 Å². The number of piperidine rings is 1. The van der Waals surface area contributed by atoms with Crippen molar-refractivity contribution in [3.8, 4) is 0 Å². The number of amides is 2. The summed E-state index contributed by atoms with van der Waals surface area (Å²) in [5.41, 5.74) is 1.12. The molecule has 0 spiro atoms. The number of carbonyl (C=O) groups excluding carboxylic acids is 1. The first-order valence-corrected chi connectivity index (χ1v) is 6.68. The molecule has 3 atom stereocenters. The normalized spacial score (nSPS) is 29.9. The lowest BCUT2D eigenvalue weighted by molar-refractivity contribution is -0.132. The van der Waals surface area contributed by atoms with E-state index in [0.717, 1.165) is 21.4 Å². The summed E-state index contributed by atoms with van der Waals surface area (Å²) in [4.78, 5) is 23.9. The van der Waals surface area contributed by atoms with E-state index in [1.807, 2.05) is 24.3 Å². The quantitative estimate of drug-likeness (QED) is 0.868. The van der Waals surface area contributed by atoms with Crippen LogP contribution in [0.5, 0.6) is 0 Å². The Balaban J connectivity index is 1.91. The van der Waals surface area contributed by atoms with Gasteiger partial charge in [-0.3, -0.25) is 4.79 Å². The van der Waals surface area contributed by atoms with Crippen LogP contribution in [0.2, 0.25) is 0 Å². The van der Waals surface area contributed by atoms with Gasteiger partial charge in [-0.05, 0) is 30.5 Å². The maximum atomic E-state index is 11.8. The minimum atomic E-state index is -1.12. The molecule has 1 N–H and O–H groups in total. The number of fused-ring (bicyclic) bond motifs is 2. The van der Waals surface area contributed by atoms with Crippen molar-refractivity contribution in [1.29, 1.82) is 0 Å². The van der Waals surface area contributed by atoms with Crippen molar-refractivity contribution >= 4 is 27.9 Å². The van der Waals surface area contributed by atoms with Gasteiger partial charge >= 0.3 is 6.09 Å². The molecule has 0 aromatic heterocycles. The van der Waals surface area contributed by atoms with Crippen molar-refractivity contribution in [3.05, 3.63) is 34.3 Å². The summed E-state index contributed by atoms with van der Waals surface area (Å²) >= 11 is 3.38. The molecule has 94 valence electrons. The molecule has 1 saturated carbocycles. The minimum Gasteiger partial charge on any atom is -0.465 e. The minimum absolute atomic E-state index is 0.111. The molecule has 2 aliphatic rings. The topological polar surface area (TPSA) is 57.6 Å². The standard InChI is InChI=1S/C13H12BrNO3/c14-9-3-1-7(2-4-9)10-5-8-6-11(10)15(12(8)16)13(17)18/h1-4,8,10-11H,5-6H2,(H,17,18)/t8-,10+,11-/m1/s1. The fraction of sp³-hybridized carbons (Fsp3) is 0.385. The van der Waals surface area contributed by atoms with Gasteiger partial charge in [0.25, 0.3) is 0 Å². The first-order chi connectivity index (χ1) is 8.58. The van der Waals surface area contributed by atoms with E-state index in [4.69, 9.17) is 5.11 Å². The van der Waals surface area contributed by atoms with Crippen molar-refractivity contribution in [2.75, 3.05) is 0 Å². The third kappa shape index (κ3) is 1.65. The summed E-state index contributed by atoms with van der Waals surface area (Å²) in [5, 5.41) is 9.11. The number of likely N-dealkylation sites (tertiary alicyclic amines) is 1. The van der Waals surface area contributed by atoms with Crippen LogP contribution in [0, 0.1) is 5.92 Å². The third-order valence-corrected chi connectivity index (χ3v) is 4.48. The Bertz CT molecular complexity index is 513. The van der Waals surface area contributed by atoms with Gasteiger partial charge in [-0.15, -0.1) is 0 Å². The van der Waals surface area contributed by atoms with Crippen molar-refractivity contribution < 1.29 is 14.7 Å². The zero-order chi connectivity index (χ0) is 12.9. The Morgan fingerprint density at radius 2 is 1.94 bits per heavy atom. The van der Waals surface area contributed by atoms with Crippen molar-refractivity contribution in [2.45, 2.75) is 24.8 Å². The summed E-state index contributed by atoms with van der Waals surface area (Å²) in [6, 6.07) is 7.73. The second kappa shape index (κ2) is 4.09. The number of nitrogens with zero attached hydrogens (tertiary/aromatic N) is 1. The summed E-state index contributed by atoms with van der Waals surface area (Å²) < 4.78 is 1.00. The second-order valence-electron chi connectivity index (χ2n) is 4.88. The van der Waals surface area contributed by atoms with Gasteiger partial charge in [0.1, 0.15) is 0 Å². The Morgan fingerprint density at radius 1 is 1.28 bits per heavy atom. The predicted octanol–water partition coefficient (Wildman–Crippen LogP) is 2.83. The molecule has 1 aromatic carbocycles. The molecule has 5 heteroatoms. The van der Waals surface area contributed by atoms with E-state index in [1.165, 1.54) is 0 Å². The Labute approximate surface area is 113 Å². The van der Waals surface area contributed by atoms with Gasteiger partial charge in [-0.1, -0.05) is 28.1 Å². The molecule has 18 heavy (non-hydrogen) atoms. The largest absolute Gasteiger partial charge is 0.465 e. The highest BCUT2D eigenvalue weighted by Gasteiger charge is 2.53. The van der Waals surface area contributed by atoms with Crippen molar-refractivity contribution in [3.63, 3.8) is 0 Å². The van der Waals surface area contributed by atoms with Crippen LogP contribution in [0.3, 0.4) is 0 Å². The molecule has 4 nitrogen and oxygen atoms in total. The lowest BCUT2D eigenvalue weighted by Crippen LogP contribution is -2.44. The summed E-state index contributed by atoms with van der Waals surface area (Å²) in [7, 11) is 0. The zero-order valence-electron chi connectivity index (χ0n) is 9.54. The maximum absolute atomic E-state index is 11.8. The van der Waals surface area contributed by atoms with Gasteiger partial charge < -0.3 is 5.11 Å². The number of halogens is 1. The predicted molar refractivity (Wildman–Crippen MR) is 68.3 cm³/mol. The molecule has 1 aliphatic heterocycles. The molecule has 1 aromatic rings. The molecular weight excluding hydrogens is 298 g/mol. The SMILES string of the molecule is O=C(O)N1C(=O)[C@H]2C[C@@H]1[C@H](c1ccc(Br)cc1)C2. The molecule has 0 unspecified atom stereocenters. The molecule has 2 fully saturated rings. The van der Waals surface area contributed by atoms with Crippen LogP contribution in [0.25, 0.3) is 0 Å². The van der Waals surface area contributed by atoms with E-state index in [2.05, 4.69) is 15.9 Å². The van der Waals surface area contributed by atoms with Crippen LogP contribution in [0.4, 0.5) is 4.79 Å². The number of carboxylic acid groups (broad SMARTS) is 1. The van der Waals surface area contributed by atoms with E-state index in [1.54, 1.807) is 0 Å². The zero-order valence-corrected chi connectivity index (χ0v) is 11.1. The van der Waals surface area contributed by atoms with Crippen LogP contribution in [0.15, 0.2) is 28.7 Å². The average Bonchev–Trinajstić information content (AvgIpc) is 2.87. The average molecular weight is 310 g/mol. The lowest BCUT2D eigenvalue weighted by atomic mass is 9.90. The van der Waals surface area contributed by atoms with E-state index < -0.39 is 6.09 Å². The van der Waals surface area contributed by atoms with Crippen LogP contribution in [-0.2, 0) is 4.79 Å². The number of benzene rings is 1. The number of rotatable bonds is 1. The molecule has 1 heterocycles. The number of carbonyl (C=O) groups is 2. The monoisotopic (exact) mass is 309 g/mol. The van der Waals surface area contributed by atoms with E-state index >= 15 is 0 Å². The number of imide groups is 1. The fourth-order valence-electron chi connectivity index (χ4n) is 3.17. The number of hydrogen-bond acceptors (Lipinski definition) is 2. The molecule has 2 amide bonds. The van der Waals surface area contributed by atoms with Crippen LogP contribution >= 0.6 is 15.9 Å². The van der Waals surface area contributed by atoms with E-state index in [9.17, 15) is 9.59 Å². The molecular formula is C13H12BrNO3. The fourth-order valence-corrected chi connectivity index (χ4v) is 3.43. The molecule has 3 rings (SSSR count). The smallest absolute Gasteiger partial charge is 0.414 e. The molecule has 2 bridgehead atoms. The first-order valence-electron chi connectivity index (χ1n) is 5.89. The molecule has 1 saturated heterocycles. The summed E-state index contributed by atoms with van der Waals surface area (Å²) in [6.07, 6.45) is 0.329. The van der Waals surface area contributed by atoms with Gasteiger partial charge in [0.2, 0.25) is 5.91 Å². The van der Waals surface area contributed by atoms with E-state index in [-0.39, 0.29) is 23.8 Å². The van der Waals surface area contributed by atoms with Gasteiger partial charge in [-0.25, -0.2) is 9.69 Å². The highest BCUT2D eigenvalue weighted by molar-refractivity contribution is 9.10. The third-order valence-electron chi connectivity index (χ3n) is 3.95. The van der Waals surface area contributed by atoms with Crippen molar-refractivity contribution in [2.24, 2.45) is 5.92 Å². The van der Waals surface area contributed by atoms with Gasteiger partial charge in [0.05, 0.1) is 6.04 Å². The second-order valence-corrected chi connectivity index (χ2v) is 5.80. The Morgan fingerprint density at radius 3 is 2.50 bits per heavy atom. The highest BCUT2D eigenvalue weighted by atomic mass is 79.9. The lowest BCUT2D eigenvalue weighted by Gasteiger charge is -2.29. The molecule has 0 radical (unpaired) electrons. The summed E-state index contributed by atoms with van der Waals surface area (Å²) in [5.74, 6) is -0.183. The summed E-state index contributed by atoms with van der Waals surface area (Å²) in [6.45, 7) is 0. The van der Waals surface area contributed by atoms with Gasteiger partial charge in [0.15, 0.2) is 0 Å². The van der Waals surface area contributed by atoms with Crippen LogP contribution < -0.4 is 0 Å². The highest BCUT2D eigenvalue weighted by Crippen LogP contribution is 2.47. The van der Waals surface area contributed by atoms with Crippen LogP contribution in [0.1, 0.15) is 24.3 Å². The van der Waals surface area contributed by atoms with Gasteiger partial charge in [-0.2, -0.15) is 0 Å². The maximum Gasteiger partial charge on any atom is 0.414 e. The Kier molecular flexibility index (Phi) is 2.66. The Hall–Kier alpha value is -1.36. The molecule has 1 aliphatic carbocycles. The van der Waals surface area contributed by atoms with E-state index in [0.29, 0.717) is 6.42 Å². The van der Waals surface area contributed by atoms with Gasteiger partial charge in [0, 0.05) is 16.3 Å². The number of hydrogen-bond donors (Lipinski definition) is 1.